The summed E-state index contributed by atoms with van der Waals surface area (Å²) in [6.45, 7) is 2.89. The number of carbonyl (C=O) groups is 6. The first-order valence-electron chi connectivity index (χ1n) is 9.57. The van der Waals surface area contributed by atoms with Crippen LogP contribution in [0.2, 0.25) is 0 Å². The SMILES string of the molecule is CC1=CC(=O)C(C(=O)/C=C/c2cccc(/C=C/C(=O)C3C(=O)C=C(C)OC3=O)c2)C(=O)O1. The number of ether oxygens (including phenoxy) is 2. The maximum Gasteiger partial charge on any atom is 0.329 e. The molecule has 1 aromatic carbocycles. The van der Waals surface area contributed by atoms with E-state index < -0.39 is 46.9 Å². The Morgan fingerprint density at radius 3 is 1.53 bits per heavy atom. The molecule has 2 heterocycles. The minimum atomic E-state index is -1.53. The molecular weight excluding hydrogens is 416 g/mol. The van der Waals surface area contributed by atoms with Crippen LogP contribution in [0.4, 0.5) is 0 Å². The molecule has 0 amide bonds. The molecule has 1 aromatic rings. The lowest BCUT2D eigenvalue weighted by Crippen LogP contribution is -2.34. The van der Waals surface area contributed by atoms with E-state index in [4.69, 9.17) is 9.47 Å². The normalized spacial score (nSPS) is 21.3. The lowest BCUT2D eigenvalue weighted by atomic mass is 9.95. The van der Waals surface area contributed by atoms with Crippen molar-refractivity contribution in [1.82, 2.24) is 0 Å². The second kappa shape index (κ2) is 9.30. The maximum atomic E-state index is 12.3. The summed E-state index contributed by atoms with van der Waals surface area (Å²) < 4.78 is 9.66. The Balaban J connectivity index is 1.70. The van der Waals surface area contributed by atoms with Crippen LogP contribution in [0.3, 0.4) is 0 Å². The number of ketones is 4. The smallest absolute Gasteiger partial charge is 0.329 e. The first-order chi connectivity index (χ1) is 15.2. The zero-order valence-corrected chi connectivity index (χ0v) is 17.2. The summed E-state index contributed by atoms with van der Waals surface area (Å²) >= 11 is 0. The highest BCUT2D eigenvalue weighted by molar-refractivity contribution is 6.26. The topological polar surface area (TPSA) is 121 Å². The molecule has 0 bridgehead atoms. The van der Waals surface area contributed by atoms with E-state index in [-0.39, 0.29) is 11.5 Å². The molecule has 0 aromatic heterocycles. The molecule has 2 unspecified atom stereocenters. The van der Waals surface area contributed by atoms with Gasteiger partial charge in [-0.3, -0.25) is 28.8 Å². The lowest BCUT2D eigenvalue weighted by Gasteiger charge is -2.15. The van der Waals surface area contributed by atoms with Crippen LogP contribution in [0.5, 0.6) is 0 Å². The van der Waals surface area contributed by atoms with Crippen LogP contribution >= 0.6 is 0 Å². The molecule has 32 heavy (non-hydrogen) atoms. The Hall–Kier alpha value is -4.20. The van der Waals surface area contributed by atoms with Crippen LogP contribution in [0.25, 0.3) is 12.2 Å². The minimum Gasteiger partial charge on any atom is -0.430 e. The molecule has 2 aliphatic heterocycles. The lowest BCUT2D eigenvalue weighted by molar-refractivity contribution is -0.154. The van der Waals surface area contributed by atoms with Crippen molar-refractivity contribution in [3.63, 3.8) is 0 Å². The van der Waals surface area contributed by atoms with Gasteiger partial charge in [-0.2, -0.15) is 0 Å². The highest BCUT2D eigenvalue weighted by Crippen LogP contribution is 2.18. The standard InChI is InChI=1S/C24H18O8/c1-13-10-19(27)21(23(29)31-13)17(25)8-6-15-4-3-5-16(12-15)7-9-18(26)22-20(28)11-14(2)32-24(22)30/h3-12,21-22H,1-2H3/b8-6+,9-7+. The highest BCUT2D eigenvalue weighted by atomic mass is 16.5. The molecule has 8 nitrogen and oxygen atoms in total. The molecule has 0 aliphatic carbocycles. The van der Waals surface area contributed by atoms with Crippen LogP contribution < -0.4 is 0 Å². The van der Waals surface area contributed by atoms with Gasteiger partial charge in [0.25, 0.3) is 0 Å². The molecule has 8 heteroatoms. The van der Waals surface area contributed by atoms with E-state index in [1.807, 2.05) is 0 Å². The number of hydrogen-bond acceptors (Lipinski definition) is 8. The van der Waals surface area contributed by atoms with Crippen molar-refractivity contribution in [2.24, 2.45) is 11.8 Å². The van der Waals surface area contributed by atoms with Gasteiger partial charge in [0.2, 0.25) is 0 Å². The zero-order chi connectivity index (χ0) is 23.4. The molecule has 3 rings (SSSR count). The fourth-order valence-electron chi connectivity index (χ4n) is 3.12. The van der Waals surface area contributed by atoms with Crippen LogP contribution in [-0.2, 0) is 38.2 Å². The van der Waals surface area contributed by atoms with Crippen molar-refractivity contribution in [2.45, 2.75) is 13.8 Å². The largest absolute Gasteiger partial charge is 0.430 e. The third kappa shape index (κ3) is 5.10. The molecule has 0 N–H and O–H groups in total. The summed E-state index contributed by atoms with van der Waals surface area (Å²) in [7, 11) is 0. The van der Waals surface area contributed by atoms with Gasteiger partial charge in [0.15, 0.2) is 35.0 Å². The van der Waals surface area contributed by atoms with Gasteiger partial charge in [0, 0.05) is 12.2 Å². The highest BCUT2D eigenvalue weighted by Gasteiger charge is 2.37. The first-order valence-corrected chi connectivity index (χ1v) is 9.57. The van der Waals surface area contributed by atoms with Crippen molar-refractivity contribution in [2.75, 3.05) is 0 Å². The molecule has 0 fully saturated rings. The molecular formula is C24H18O8. The third-order valence-corrected chi connectivity index (χ3v) is 4.61. The summed E-state index contributed by atoms with van der Waals surface area (Å²) in [5.74, 6) is -7.31. The van der Waals surface area contributed by atoms with Crippen LogP contribution in [0.15, 0.2) is 60.1 Å². The van der Waals surface area contributed by atoms with E-state index in [0.717, 1.165) is 24.3 Å². The Labute approximate surface area is 182 Å². The van der Waals surface area contributed by atoms with Gasteiger partial charge in [0.05, 0.1) is 0 Å². The van der Waals surface area contributed by atoms with Crippen molar-refractivity contribution >= 4 is 47.2 Å². The van der Waals surface area contributed by atoms with Crippen LogP contribution in [0.1, 0.15) is 25.0 Å². The van der Waals surface area contributed by atoms with Crippen molar-refractivity contribution < 1.29 is 38.2 Å². The summed E-state index contributed by atoms with van der Waals surface area (Å²) in [4.78, 5) is 72.1. The number of allylic oxidation sites excluding steroid dienone is 6. The minimum absolute atomic E-state index is 0.136. The molecule has 0 spiro atoms. The second-order valence-corrected chi connectivity index (χ2v) is 7.16. The second-order valence-electron chi connectivity index (χ2n) is 7.16. The van der Waals surface area contributed by atoms with Crippen molar-refractivity contribution in [3.05, 3.63) is 71.2 Å². The van der Waals surface area contributed by atoms with Crippen molar-refractivity contribution in [3.8, 4) is 0 Å². The first kappa shape index (κ1) is 22.5. The van der Waals surface area contributed by atoms with Gasteiger partial charge in [-0.25, -0.2) is 0 Å². The van der Waals surface area contributed by atoms with E-state index in [1.165, 1.54) is 26.0 Å². The molecule has 0 radical (unpaired) electrons. The maximum absolute atomic E-state index is 12.3. The van der Waals surface area contributed by atoms with Gasteiger partial charge in [-0.05, 0) is 43.2 Å². The average Bonchev–Trinajstić information content (AvgIpc) is 2.69. The number of esters is 2. The Morgan fingerprint density at radius 2 is 1.16 bits per heavy atom. The number of benzene rings is 1. The van der Waals surface area contributed by atoms with Gasteiger partial charge in [-0.15, -0.1) is 0 Å². The fourth-order valence-corrected chi connectivity index (χ4v) is 3.12. The average molecular weight is 434 g/mol. The summed E-state index contributed by atoms with van der Waals surface area (Å²) in [6.07, 6.45) is 7.26. The van der Waals surface area contributed by atoms with Gasteiger partial charge in [-0.1, -0.05) is 30.4 Å². The predicted octanol–water partition coefficient (Wildman–Crippen LogP) is 2.14. The zero-order valence-electron chi connectivity index (χ0n) is 17.2. The molecule has 2 atom stereocenters. The molecule has 2 aliphatic rings. The predicted molar refractivity (Wildman–Crippen MR) is 111 cm³/mol. The van der Waals surface area contributed by atoms with Crippen LogP contribution in [-0.4, -0.2) is 35.1 Å². The Morgan fingerprint density at radius 1 is 0.750 bits per heavy atom. The molecule has 0 saturated heterocycles. The van der Waals surface area contributed by atoms with Crippen molar-refractivity contribution in [1.29, 1.82) is 0 Å². The molecule has 162 valence electrons. The Kier molecular flexibility index (Phi) is 6.53. The van der Waals surface area contributed by atoms with Crippen LogP contribution in [0, 0.1) is 11.8 Å². The summed E-state index contributed by atoms with van der Waals surface area (Å²) in [6, 6.07) is 6.63. The van der Waals surface area contributed by atoms with Gasteiger partial charge < -0.3 is 9.47 Å². The summed E-state index contributed by atoms with van der Waals surface area (Å²) in [5.41, 5.74) is 1.12. The number of carbonyl (C=O) groups excluding carboxylic acids is 6. The number of hydrogen-bond donors (Lipinski definition) is 0. The number of rotatable bonds is 6. The van der Waals surface area contributed by atoms with Gasteiger partial charge >= 0.3 is 11.9 Å². The van der Waals surface area contributed by atoms with E-state index in [1.54, 1.807) is 24.3 Å². The third-order valence-electron chi connectivity index (χ3n) is 4.61. The van der Waals surface area contributed by atoms with E-state index in [0.29, 0.717) is 11.1 Å². The van der Waals surface area contributed by atoms with E-state index in [2.05, 4.69) is 0 Å². The van der Waals surface area contributed by atoms with E-state index in [9.17, 15) is 28.8 Å². The summed E-state index contributed by atoms with van der Waals surface area (Å²) in [5, 5.41) is 0. The molecule has 0 saturated carbocycles. The van der Waals surface area contributed by atoms with Gasteiger partial charge in [0.1, 0.15) is 11.5 Å². The number of cyclic esters (lactones) is 2. The quantitative estimate of drug-likeness (QED) is 0.379. The fraction of sp³-hybridized carbons (Fsp3) is 0.167. The van der Waals surface area contributed by atoms with E-state index >= 15 is 0 Å². The Bertz CT molecular complexity index is 1070. The monoisotopic (exact) mass is 434 g/mol.